The van der Waals surface area contributed by atoms with Crippen LogP contribution in [0.15, 0.2) is 4.99 Å². The lowest BCUT2D eigenvalue weighted by Crippen LogP contribution is -2.32. The molecule has 3 heteroatoms. The fraction of sp³-hybridized carbons (Fsp3) is 0.857. The van der Waals surface area contributed by atoms with Crippen molar-refractivity contribution >= 4 is 5.84 Å². The predicted octanol–water partition coefficient (Wildman–Crippen LogP) is 0.415. The molecule has 0 saturated carbocycles. The summed E-state index contributed by atoms with van der Waals surface area (Å²) in [7, 11) is 0. The van der Waals surface area contributed by atoms with Crippen molar-refractivity contribution in [3.05, 3.63) is 0 Å². The third-order valence-electron chi connectivity index (χ3n) is 1.41. The molecule has 1 N–H and O–H groups in total. The van der Waals surface area contributed by atoms with Crippen molar-refractivity contribution in [2.45, 2.75) is 13.3 Å². The van der Waals surface area contributed by atoms with Gasteiger partial charge in [-0.1, -0.05) is 0 Å². The molecule has 0 atom stereocenters. The second-order valence-electron chi connectivity index (χ2n) is 2.25. The first kappa shape index (κ1) is 7.54. The van der Waals surface area contributed by atoms with Crippen LogP contribution in [-0.4, -0.2) is 32.1 Å². The third-order valence-corrected chi connectivity index (χ3v) is 1.41. The third kappa shape index (κ3) is 2.35. The normalized spacial score (nSPS) is 17.9. The first-order valence-electron chi connectivity index (χ1n) is 3.78. The Morgan fingerprint density at radius 2 is 2.60 bits per heavy atom. The van der Waals surface area contributed by atoms with E-state index in [1.165, 1.54) is 0 Å². The molecule has 1 heterocycles. The SMILES string of the molecule is CCOCC1=NCCCN1. The molecule has 0 spiro atoms. The van der Waals surface area contributed by atoms with Crippen molar-refractivity contribution in [3.63, 3.8) is 0 Å². The first-order chi connectivity index (χ1) is 4.93. The van der Waals surface area contributed by atoms with Crippen molar-refractivity contribution < 1.29 is 4.74 Å². The van der Waals surface area contributed by atoms with Crippen molar-refractivity contribution in [1.29, 1.82) is 0 Å². The van der Waals surface area contributed by atoms with E-state index < -0.39 is 0 Å². The molecule has 10 heavy (non-hydrogen) atoms. The molecule has 0 fully saturated rings. The number of nitrogens with one attached hydrogen (secondary N) is 1. The minimum atomic E-state index is 0.649. The zero-order chi connectivity index (χ0) is 7.23. The molecule has 0 bridgehead atoms. The lowest BCUT2D eigenvalue weighted by molar-refractivity contribution is 0.184. The highest BCUT2D eigenvalue weighted by atomic mass is 16.5. The molecule has 0 aromatic rings. The molecule has 0 amide bonds. The van der Waals surface area contributed by atoms with Gasteiger partial charge in [-0.15, -0.1) is 0 Å². The number of hydrogen-bond donors (Lipinski definition) is 1. The van der Waals surface area contributed by atoms with Crippen molar-refractivity contribution in [2.24, 2.45) is 4.99 Å². The van der Waals surface area contributed by atoms with Gasteiger partial charge in [-0.2, -0.15) is 0 Å². The monoisotopic (exact) mass is 142 g/mol. The van der Waals surface area contributed by atoms with Crippen LogP contribution in [0, 0.1) is 0 Å². The van der Waals surface area contributed by atoms with Crippen LogP contribution in [0.3, 0.4) is 0 Å². The molecule has 0 radical (unpaired) electrons. The maximum absolute atomic E-state index is 5.18. The van der Waals surface area contributed by atoms with Gasteiger partial charge in [0, 0.05) is 19.7 Å². The van der Waals surface area contributed by atoms with Gasteiger partial charge in [-0.3, -0.25) is 4.99 Å². The highest BCUT2D eigenvalue weighted by Crippen LogP contribution is 1.89. The summed E-state index contributed by atoms with van der Waals surface area (Å²) in [5, 5.41) is 3.18. The highest BCUT2D eigenvalue weighted by molar-refractivity contribution is 5.83. The summed E-state index contributed by atoms with van der Waals surface area (Å²) in [6.07, 6.45) is 1.15. The van der Waals surface area contributed by atoms with Gasteiger partial charge in [0.2, 0.25) is 0 Å². The molecule has 0 aromatic carbocycles. The molecule has 3 nitrogen and oxygen atoms in total. The Bertz CT molecular complexity index is 123. The highest BCUT2D eigenvalue weighted by Gasteiger charge is 2.01. The minimum Gasteiger partial charge on any atom is -0.374 e. The van der Waals surface area contributed by atoms with Gasteiger partial charge in [-0.25, -0.2) is 0 Å². The van der Waals surface area contributed by atoms with Crippen molar-refractivity contribution in [2.75, 3.05) is 26.3 Å². The summed E-state index contributed by atoms with van der Waals surface area (Å²) in [6, 6.07) is 0. The second-order valence-corrected chi connectivity index (χ2v) is 2.25. The summed E-state index contributed by atoms with van der Waals surface area (Å²) < 4.78 is 5.18. The van der Waals surface area contributed by atoms with E-state index in [4.69, 9.17) is 4.74 Å². The van der Waals surface area contributed by atoms with E-state index in [1.807, 2.05) is 6.92 Å². The van der Waals surface area contributed by atoms with Gasteiger partial charge in [-0.05, 0) is 13.3 Å². The molecule has 0 aliphatic carbocycles. The summed E-state index contributed by atoms with van der Waals surface area (Å²) in [4.78, 5) is 4.25. The molecular weight excluding hydrogens is 128 g/mol. The zero-order valence-corrected chi connectivity index (χ0v) is 6.39. The van der Waals surface area contributed by atoms with E-state index >= 15 is 0 Å². The van der Waals surface area contributed by atoms with E-state index in [0.29, 0.717) is 6.61 Å². The lowest BCUT2D eigenvalue weighted by Gasteiger charge is -2.13. The summed E-state index contributed by atoms with van der Waals surface area (Å²) in [5.74, 6) is 1.01. The molecule has 1 aliphatic rings. The van der Waals surface area contributed by atoms with Crippen molar-refractivity contribution in [3.8, 4) is 0 Å². The summed E-state index contributed by atoms with van der Waals surface area (Å²) >= 11 is 0. The topological polar surface area (TPSA) is 33.6 Å². The number of hydrogen-bond acceptors (Lipinski definition) is 3. The Labute approximate surface area is 61.5 Å². The molecular formula is C7H14N2O. The fourth-order valence-electron chi connectivity index (χ4n) is 0.877. The number of nitrogens with zero attached hydrogens (tertiary/aromatic N) is 1. The van der Waals surface area contributed by atoms with E-state index in [0.717, 1.165) is 32.0 Å². The van der Waals surface area contributed by atoms with E-state index in [-0.39, 0.29) is 0 Å². The van der Waals surface area contributed by atoms with Gasteiger partial charge in [0.05, 0.1) is 0 Å². The van der Waals surface area contributed by atoms with Crippen LogP contribution < -0.4 is 5.32 Å². The average molecular weight is 142 g/mol. The molecule has 0 unspecified atom stereocenters. The van der Waals surface area contributed by atoms with Crippen LogP contribution in [0.2, 0.25) is 0 Å². The standard InChI is InChI=1S/C7H14N2O/c1-2-10-6-7-8-4-3-5-9-7/h2-6H2,1H3,(H,8,9). The summed E-state index contributed by atoms with van der Waals surface area (Å²) in [6.45, 7) is 5.40. The Kier molecular flexibility index (Phi) is 3.22. The maximum Gasteiger partial charge on any atom is 0.123 e. The van der Waals surface area contributed by atoms with E-state index in [1.54, 1.807) is 0 Å². The summed E-state index contributed by atoms with van der Waals surface area (Å²) in [5.41, 5.74) is 0. The minimum absolute atomic E-state index is 0.649. The van der Waals surface area contributed by atoms with E-state index in [2.05, 4.69) is 10.3 Å². The van der Waals surface area contributed by atoms with Crippen LogP contribution in [0.5, 0.6) is 0 Å². The Balaban J connectivity index is 2.18. The quantitative estimate of drug-likeness (QED) is 0.619. The lowest BCUT2D eigenvalue weighted by atomic mass is 10.3. The fourth-order valence-corrected chi connectivity index (χ4v) is 0.877. The largest absolute Gasteiger partial charge is 0.374 e. The first-order valence-corrected chi connectivity index (χ1v) is 3.78. The Morgan fingerprint density at radius 3 is 3.20 bits per heavy atom. The van der Waals surface area contributed by atoms with E-state index in [9.17, 15) is 0 Å². The van der Waals surface area contributed by atoms with Gasteiger partial charge in [0.25, 0.3) is 0 Å². The molecule has 0 aromatic heterocycles. The number of ether oxygens (including phenoxy) is 1. The predicted molar refractivity (Wildman–Crippen MR) is 41.4 cm³/mol. The number of aliphatic imine (C=N–C) groups is 1. The van der Waals surface area contributed by atoms with Crippen LogP contribution in [0.25, 0.3) is 0 Å². The van der Waals surface area contributed by atoms with Crippen LogP contribution in [-0.2, 0) is 4.74 Å². The molecule has 1 rings (SSSR count). The number of rotatable bonds is 3. The number of amidine groups is 1. The molecule has 1 aliphatic heterocycles. The van der Waals surface area contributed by atoms with Gasteiger partial charge >= 0.3 is 0 Å². The average Bonchev–Trinajstić information content (AvgIpc) is 2.03. The zero-order valence-electron chi connectivity index (χ0n) is 6.39. The van der Waals surface area contributed by atoms with Gasteiger partial charge in [0.1, 0.15) is 12.4 Å². The van der Waals surface area contributed by atoms with Crippen LogP contribution in [0.1, 0.15) is 13.3 Å². The Hall–Kier alpha value is -0.570. The molecule has 0 saturated heterocycles. The molecule has 58 valence electrons. The van der Waals surface area contributed by atoms with Gasteiger partial charge < -0.3 is 10.1 Å². The maximum atomic E-state index is 5.18. The van der Waals surface area contributed by atoms with Crippen LogP contribution >= 0.6 is 0 Å². The second kappa shape index (κ2) is 4.28. The van der Waals surface area contributed by atoms with Crippen molar-refractivity contribution in [1.82, 2.24) is 5.32 Å². The smallest absolute Gasteiger partial charge is 0.123 e. The van der Waals surface area contributed by atoms with Crippen LogP contribution in [0.4, 0.5) is 0 Å². The van der Waals surface area contributed by atoms with Gasteiger partial charge in [0.15, 0.2) is 0 Å². The Morgan fingerprint density at radius 1 is 1.70 bits per heavy atom.